The summed E-state index contributed by atoms with van der Waals surface area (Å²) in [5.41, 5.74) is 1.58. The number of benzene rings is 2. The number of anilines is 1. The predicted octanol–water partition coefficient (Wildman–Crippen LogP) is 3.89. The van der Waals surface area contributed by atoms with Crippen molar-refractivity contribution in [2.75, 3.05) is 5.32 Å². The van der Waals surface area contributed by atoms with Crippen molar-refractivity contribution in [3.63, 3.8) is 0 Å². The molecule has 0 aliphatic carbocycles. The molecule has 0 saturated carbocycles. The molecule has 2 N–H and O–H groups in total. The lowest BCUT2D eigenvalue weighted by molar-refractivity contribution is -0.114. The summed E-state index contributed by atoms with van der Waals surface area (Å²) in [6, 6.07) is 16.0. The minimum atomic E-state index is -0.348. The van der Waals surface area contributed by atoms with Crippen molar-refractivity contribution in [2.45, 2.75) is 20.1 Å². The van der Waals surface area contributed by atoms with Gasteiger partial charge in [0.05, 0.1) is 0 Å². The van der Waals surface area contributed by atoms with Gasteiger partial charge in [0.15, 0.2) is 5.76 Å². The summed E-state index contributed by atoms with van der Waals surface area (Å²) in [5, 5.41) is 5.45. The quantitative estimate of drug-likeness (QED) is 0.650. The van der Waals surface area contributed by atoms with E-state index in [1.807, 2.05) is 12.1 Å². The smallest absolute Gasteiger partial charge is 0.287 e. The zero-order chi connectivity index (χ0) is 19.9. The molecule has 7 heteroatoms. The number of ether oxygens (including phenoxy) is 1. The van der Waals surface area contributed by atoms with Crippen molar-refractivity contribution < 1.29 is 23.1 Å². The van der Waals surface area contributed by atoms with E-state index in [1.54, 1.807) is 24.3 Å². The molecule has 0 saturated heterocycles. The number of amides is 2. The molecule has 144 valence electrons. The van der Waals surface area contributed by atoms with Gasteiger partial charge in [0.25, 0.3) is 5.91 Å². The number of rotatable bonds is 7. The van der Waals surface area contributed by atoms with Gasteiger partial charge in [-0.25, -0.2) is 4.39 Å². The highest BCUT2D eigenvalue weighted by molar-refractivity contribution is 5.91. The van der Waals surface area contributed by atoms with E-state index in [0.29, 0.717) is 23.7 Å². The van der Waals surface area contributed by atoms with Gasteiger partial charge in [-0.3, -0.25) is 9.59 Å². The first-order valence-electron chi connectivity index (χ1n) is 8.61. The Bertz CT molecular complexity index is 949. The van der Waals surface area contributed by atoms with Crippen LogP contribution >= 0.6 is 0 Å². The molecule has 2 aromatic carbocycles. The molecule has 0 aliphatic rings. The van der Waals surface area contributed by atoms with Crippen molar-refractivity contribution >= 4 is 17.5 Å². The lowest BCUT2D eigenvalue weighted by atomic mass is 10.2. The second kappa shape index (κ2) is 8.85. The van der Waals surface area contributed by atoms with Crippen LogP contribution in [0.5, 0.6) is 5.75 Å². The van der Waals surface area contributed by atoms with E-state index < -0.39 is 0 Å². The van der Waals surface area contributed by atoms with Gasteiger partial charge in [0.2, 0.25) is 5.91 Å². The summed E-state index contributed by atoms with van der Waals surface area (Å²) in [6.07, 6.45) is 0. The van der Waals surface area contributed by atoms with Crippen LogP contribution in [0.15, 0.2) is 65.1 Å². The van der Waals surface area contributed by atoms with E-state index in [-0.39, 0.29) is 30.0 Å². The molecule has 2 amide bonds. The minimum Gasteiger partial charge on any atom is -0.486 e. The number of carbonyl (C=O) groups excluding carboxylic acids is 2. The van der Waals surface area contributed by atoms with Crippen LogP contribution in [0.3, 0.4) is 0 Å². The molecule has 3 rings (SSSR count). The van der Waals surface area contributed by atoms with E-state index in [1.165, 1.54) is 31.2 Å². The number of carbonyl (C=O) groups is 2. The molecule has 1 heterocycles. The molecule has 28 heavy (non-hydrogen) atoms. The molecule has 0 bridgehead atoms. The first-order chi connectivity index (χ1) is 13.5. The Hall–Kier alpha value is -3.61. The Morgan fingerprint density at radius 3 is 2.39 bits per heavy atom. The standard InChI is InChI=1S/C21H19FN2O4/c1-14(25)24-17-6-2-15(3-7-17)12-23-21(26)20-11-10-19(28-20)13-27-18-8-4-16(22)5-9-18/h2-11H,12-13H2,1H3,(H,23,26)(H,24,25). The van der Waals surface area contributed by atoms with Crippen LogP contribution in [-0.4, -0.2) is 11.8 Å². The normalized spacial score (nSPS) is 10.4. The topological polar surface area (TPSA) is 80.6 Å². The Morgan fingerprint density at radius 1 is 1.00 bits per heavy atom. The third-order valence-electron chi connectivity index (χ3n) is 3.81. The third-order valence-corrected chi connectivity index (χ3v) is 3.81. The summed E-state index contributed by atoms with van der Waals surface area (Å²) >= 11 is 0. The second-order valence-electron chi connectivity index (χ2n) is 6.07. The van der Waals surface area contributed by atoms with Gasteiger partial charge < -0.3 is 19.8 Å². The molecular formula is C21H19FN2O4. The summed E-state index contributed by atoms with van der Waals surface area (Å²) in [5.74, 6) is 0.333. The first kappa shape index (κ1) is 19.2. The molecule has 1 aromatic heterocycles. The van der Waals surface area contributed by atoms with Gasteiger partial charge >= 0.3 is 0 Å². The second-order valence-corrected chi connectivity index (χ2v) is 6.07. The summed E-state index contributed by atoms with van der Waals surface area (Å²) in [6.45, 7) is 1.89. The molecule has 0 aliphatic heterocycles. The van der Waals surface area contributed by atoms with Crippen LogP contribution in [0.25, 0.3) is 0 Å². The lowest BCUT2D eigenvalue weighted by Crippen LogP contribution is -2.22. The Kier molecular flexibility index (Phi) is 6.06. The molecule has 0 radical (unpaired) electrons. The van der Waals surface area contributed by atoms with Crippen molar-refractivity contribution in [1.29, 1.82) is 0 Å². The monoisotopic (exact) mass is 382 g/mol. The van der Waals surface area contributed by atoms with Gasteiger partial charge in [-0.1, -0.05) is 12.1 Å². The predicted molar refractivity (Wildman–Crippen MR) is 101 cm³/mol. The molecule has 0 atom stereocenters. The Balaban J connectivity index is 1.49. The first-order valence-corrected chi connectivity index (χ1v) is 8.61. The average Bonchev–Trinajstić information content (AvgIpc) is 3.15. The highest BCUT2D eigenvalue weighted by Crippen LogP contribution is 2.15. The summed E-state index contributed by atoms with van der Waals surface area (Å²) < 4.78 is 23.8. The van der Waals surface area contributed by atoms with Gasteiger partial charge in [0, 0.05) is 19.2 Å². The van der Waals surface area contributed by atoms with Crippen molar-refractivity contribution in [3.8, 4) is 5.75 Å². The summed E-state index contributed by atoms with van der Waals surface area (Å²) in [4.78, 5) is 23.2. The van der Waals surface area contributed by atoms with Gasteiger partial charge in [0.1, 0.15) is 23.9 Å². The zero-order valence-corrected chi connectivity index (χ0v) is 15.2. The van der Waals surface area contributed by atoms with Crippen LogP contribution < -0.4 is 15.4 Å². The van der Waals surface area contributed by atoms with E-state index in [4.69, 9.17) is 9.15 Å². The fraction of sp³-hybridized carbons (Fsp3) is 0.143. The van der Waals surface area contributed by atoms with Crippen molar-refractivity contribution in [3.05, 3.63) is 83.6 Å². The van der Waals surface area contributed by atoms with Gasteiger partial charge in [-0.15, -0.1) is 0 Å². The van der Waals surface area contributed by atoms with Gasteiger partial charge in [-0.2, -0.15) is 0 Å². The highest BCUT2D eigenvalue weighted by atomic mass is 19.1. The molecular weight excluding hydrogens is 363 g/mol. The number of hydrogen-bond acceptors (Lipinski definition) is 4. The fourth-order valence-electron chi connectivity index (χ4n) is 2.44. The highest BCUT2D eigenvalue weighted by Gasteiger charge is 2.11. The van der Waals surface area contributed by atoms with E-state index in [9.17, 15) is 14.0 Å². The number of furan rings is 1. The van der Waals surface area contributed by atoms with Crippen LogP contribution in [0.1, 0.15) is 28.8 Å². The maximum Gasteiger partial charge on any atom is 0.287 e. The molecule has 3 aromatic rings. The van der Waals surface area contributed by atoms with E-state index in [0.717, 1.165) is 5.56 Å². The Morgan fingerprint density at radius 2 is 1.71 bits per heavy atom. The number of hydrogen-bond donors (Lipinski definition) is 2. The van der Waals surface area contributed by atoms with Crippen LogP contribution in [-0.2, 0) is 17.9 Å². The third kappa shape index (κ3) is 5.44. The van der Waals surface area contributed by atoms with Crippen LogP contribution in [0, 0.1) is 5.82 Å². The van der Waals surface area contributed by atoms with E-state index >= 15 is 0 Å². The largest absolute Gasteiger partial charge is 0.486 e. The van der Waals surface area contributed by atoms with Crippen molar-refractivity contribution in [2.24, 2.45) is 0 Å². The zero-order valence-electron chi connectivity index (χ0n) is 15.2. The molecule has 6 nitrogen and oxygen atoms in total. The number of nitrogens with one attached hydrogen (secondary N) is 2. The SMILES string of the molecule is CC(=O)Nc1ccc(CNC(=O)c2ccc(COc3ccc(F)cc3)o2)cc1. The lowest BCUT2D eigenvalue weighted by Gasteiger charge is -2.06. The molecule has 0 fully saturated rings. The fourth-order valence-corrected chi connectivity index (χ4v) is 2.44. The minimum absolute atomic E-state index is 0.128. The maximum absolute atomic E-state index is 12.9. The maximum atomic E-state index is 12.9. The molecule has 0 spiro atoms. The number of halogens is 1. The summed E-state index contributed by atoms with van der Waals surface area (Å²) in [7, 11) is 0. The van der Waals surface area contributed by atoms with Crippen LogP contribution in [0.4, 0.5) is 10.1 Å². The van der Waals surface area contributed by atoms with Crippen molar-refractivity contribution in [1.82, 2.24) is 5.32 Å². The Labute approximate surface area is 161 Å². The average molecular weight is 382 g/mol. The van der Waals surface area contributed by atoms with E-state index in [2.05, 4.69) is 10.6 Å². The molecule has 0 unspecified atom stereocenters. The van der Waals surface area contributed by atoms with Gasteiger partial charge in [-0.05, 0) is 54.1 Å². The van der Waals surface area contributed by atoms with Crippen LogP contribution in [0.2, 0.25) is 0 Å².